The quantitative estimate of drug-likeness (QED) is 0.838. The van der Waals surface area contributed by atoms with Crippen molar-refractivity contribution in [2.24, 2.45) is 5.41 Å². The lowest BCUT2D eigenvalue weighted by Crippen LogP contribution is -2.62. The van der Waals surface area contributed by atoms with E-state index in [0.717, 1.165) is 45.0 Å². The molecule has 4 nitrogen and oxygen atoms in total. The first-order chi connectivity index (χ1) is 10.2. The van der Waals surface area contributed by atoms with E-state index in [9.17, 15) is 5.11 Å². The van der Waals surface area contributed by atoms with Crippen LogP contribution < -0.4 is 0 Å². The first-order valence-corrected chi connectivity index (χ1v) is 8.88. The molecule has 2 saturated heterocycles. The second-order valence-corrected chi connectivity index (χ2v) is 7.34. The SMILES string of the molecule is CCOC1CC(O)C12CCN(CCC1CCCN1C)CC2. The average Bonchev–Trinajstić information content (AvgIpc) is 2.91. The zero-order valence-corrected chi connectivity index (χ0v) is 13.8. The summed E-state index contributed by atoms with van der Waals surface area (Å²) in [6.07, 6.45) is 7.30. The normalized spacial score (nSPS) is 37.0. The highest BCUT2D eigenvalue weighted by molar-refractivity contribution is 5.06. The van der Waals surface area contributed by atoms with Gasteiger partial charge in [0.15, 0.2) is 0 Å². The van der Waals surface area contributed by atoms with Gasteiger partial charge < -0.3 is 19.6 Å². The van der Waals surface area contributed by atoms with Gasteiger partial charge in [0, 0.05) is 24.5 Å². The Labute approximate surface area is 129 Å². The van der Waals surface area contributed by atoms with Gasteiger partial charge in [0.05, 0.1) is 12.2 Å². The van der Waals surface area contributed by atoms with Crippen LogP contribution in [0.15, 0.2) is 0 Å². The maximum atomic E-state index is 10.2. The molecule has 3 fully saturated rings. The number of aliphatic hydroxyl groups excluding tert-OH is 1. The molecule has 3 atom stereocenters. The molecule has 0 aromatic rings. The van der Waals surface area contributed by atoms with E-state index in [0.29, 0.717) is 6.10 Å². The van der Waals surface area contributed by atoms with Gasteiger partial charge in [-0.1, -0.05) is 0 Å². The molecular weight excluding hydrogens is 264 g/mol. The number of ether oxygens (including phenoxy) is 1. The third-order valence-corrected chi connectivity index (χ3v) is 6.35. The van der Waals surface area contributed by atoms with Gasteiger partial charge in [-0.05, 0) is 72.3 Å². The summed E-state index contributed by atoms with van der Waals surface area (Å²) in [5.74, 6) is 0. The van der Waals surface area contributed by atoms with Crippen LogP contribution in [0.3, 0.4) is 0 Å². The van der Waals surface area contributed by atoms with Crippen molar-refractivity contribution >= 4 is 0 Å². The minimum absolute atomic E-state index is 0.0800. The second kappa shape index (κ2) is 6.53. The topological polar surface area (TPSA) is 35.9 Å². The molecule has 1 spiro atoms. The number of rotatable bonds is 5. The molecule has 0 radical (unpaired) electrons. The van der Waals surface area contributed by atoms with Crippen molar-refractivity contribution in [3.8, 4) is 0 Å². The molecule has 4 heteroatoms. The first-order valence-electron chi connectivity index (χ1n) is 8.88. The summed E-state index contributed by atoms with van der Waals surface area (Å²) in [4.78, 5) is 5.12. The van der Waals surface area contributed by atoms with E-state index in [1.807, 2.05) is 0 Å². The highest BCUT2D eigenvalue weighted by atomic mass is 16.5. The fourth-order valence-corrected chi connectivity index (χ4v) is 4.69. The highest BCUT2D eigenvalue weighted by Crippen LogP contribution is 2.50. The molecule has 3 unspecified atom stereocenters. The van der Waals surface area contributed by atoms with Crippen LogP contribution in [0.4, 0.5) is 0 Å². The number of likely N-dealkylation sites (tertiary alicyclic amines) is 2. The van der Waals surface area contributed by atoms with Crippen molar-refractivity contribution < 1.29 is 9.84 Å². The third kappa shape index (κ3) is 3.00. The summed E-state index contributed by atoms with van der Waals surface area (Å²) in [6, 6.07) is 0.798. The smallest absolute Gasteiger partial charge is 0.0681 e. The number of aliphatic hydroxyl groups is 1. The second-order valence-electron chi connectivity index (χ2n) is 7.34. The molecule has 1 aliphatic carbocycles. The van der Waals surface area contributed by atoms with E-state index in [1.54, 1.807) is 0 Å². The number of piperidine rings is 1. The van der Waals surface area contributed by atoms with Crippen LogP contribution in [0.5, 0.6) is 0 Å². The zero-order valence-electron chi connectivity index (χ0n) is 13.8. The van der Waals surface area contributed by atoms with Gasteiger partial charge in [-0.15, -0.1) is 0 Å². The Hall–Kier alpha value is -0.160. The Bertz CT molecular complexity index is 340. The molecule has 0 aromatic heterocycles. The van der Waals surface area contributed by atoms with E-state index in [1.165, 1.54) is 32.4 Å². The summed E-state index contributed by atoms with van der Waals surface area (Å²) < 4.78 is 5.85. The van der Waals surface area contributed by atoms with Gasteiger partial charge in [0.1, 0.15) is 0 Å². The lowest BCUT2D eigenvalue weighted by atomic mass is 9.58. The molecule has 1 N–H and O–H groups in total. The maximum Gasteiger partial charge on any atom is 0.0681 e. The summed E-state index contributed by atoms with van der Waals surface area (Å²) >= 11 is 0. The lowest BCUT2D eigenvalue weighted by Gasteiger charge is -2.56. The Morgan fingerprint density at radius 3 is 2.57 bits per heavy atom. The standard InChI is InChI=1S/C17H32N2O2/c1-3-21-16-13-15(20)17(16)7-11-19(12-8-17)10-6-14-5-4-9-18(14)2/h14-16,20H,3-13H2,1-2H3. The molecule has 2 heterocycles. The van der Waals surface area contributed by atoms with Gasteiger partial charge >= 0.3 is 0 Å². The Morgan fingerprint density at radius 2 is 2.00 bits per heavy atom. The summed E-state index contributed by atoms with van der Waals surface area (Å²) in [6.45, 7) is 7.60. The first kappa shape index (κ1) is 15.7. The van der Waals surface area contributed by atoms with Crippen LogP contribution >= 0.6 is 0 Å². The van der Waals surface area contributed by atoms with Crippen molar-refractivity contribution in [2.45, 2.75) is 63.7 Å². The molecule has 0 aromatic carbocycles. The van der Waals surface area contributed by atoms with Gasteiger partial charge in [-0.25, -0.2) is 0 Å². The van der Waals surface area contributed by atoms with E-state index in [4.69, 9.17) is 4.74 Å². The van der Waals surface area contributed by atoms with Crippen LogP contribution in [-0.4, -0.2) is 73.0 Å². The summed E-state index contributed by atoms with van der Waals surface area (Å²) in [5, 5.41) is 10.2. The molecule has 122 valence electrons. The number of hydrogen-bond acceptors (Lipinski definition) is 4. The number of hydrogen-bond donors (Lipinski definition) is 1. The molecule has 21 heavy (non-hydrogen) atoms. The maximum absolute atomic E-state index is 10.2. The average molecular weight is 296 g/mol. The lowest BCUT2D eigenvalue weighted by molar-refractivity contribution is -0.209. The molecule has 2 aliphatic heterocycles. The molecule has 0 bridgehead atoms. The predicted molar refractivity (Wildman–Crippen MR) is 84.4 cm³/mol. The summed E-state index contributed by atoms with van der Waals surface area (Å²) in [5.41, 5.74) is 0.0800. The van der Waals surface area contributed by atoms with Crippen molar-refractivity contribution in [1.29, 1.82) is 0 Å². The minimum atomic E-state index is -0.128. The van der Waals surface area contributed by atoms with Gasteiger partial charge in [0.2, 0.25) is 0 Å². The van der Waals surface area contributed by atoms with Crippen LogP contribution in [0.2, 0.25) is 0 Å². The minimum Gasteiger partial charge on any atom is -0.392 e. The van der Waals surface area contributed by atoms with Crippen LogP contribution in [0, 0.1) is 5.41 Å². The Morgan fingerprint density at radius 1 is 1.24 bits per heavy atom. The van der Waals surface area contributed by atoms with Crippen molar-refractivity contribution in [3.63, 3.8) is 0 Å². The van der Waals surface area contributed by atoms with Crippen molar-refractivity contribution in [2.75, 3.05) is 39.8 Å². The van der Waals surface area contributed by atoms with Gasteiger partial charge in [0.25, 0.3) is 0 Å². The van der Waals surface area contributed by atoms with Crippen LogP contribution in [0.1, 0.15) is 45.4 Å². The Balaban J connectivity index is 1.44. The largest absolute Gasteiger partial charge is 0.392 e. The van der Waals surface area contributed by atoms with Crippen LogP contribution in [0.25, 0.3) is 0 Å². The molecular formula is C17H32N2O2. The van der Waals surface area contributed by atoms with E-state index in [-0.39, 0.29) is 11.5 Å². The fraction of sp³-hybridized carbons (Fsp3) is 1.00. The highest BCUT2D eigenvalue weighted by Gasteiger charge is 2.55. The van der Waals surface area contributed by atoms with Crippen molar-refractivity contribution in [3.05, 3.63) is 0 Å². The predicted octanol–water partition coefficient (Wildman–Crippen LogP) is 1.72. The van der Waals surface area contributed by atoms with Crippen LogP contribution in [-0.2, 0) is 4.74 Å². The monoisotopic (exact) mass is 296 g/mol. The van der Waals surface area contributed by atoms with Crippen molar-refractivity contribution in [1.82, 2.24) is 9.80 Å². The molecule has 3 aliphatic rings. The van der Waals surface area contributed by atoms with Gasteiger partial charge in [-0.2, -0.15) is 0 Å². The van der Waals surface area contributed by atoms with Gasteiger partial charge in [-0.3, -0.25) is 0 Å². The number of nitrogens with zero attached hydrogens (tertiary/aromatic N) is 2. The molecule has 3 rings (SSSR count). The van der Waals surface area contributed by atoms with E-state index < -0.39 is 0 Å². The van der Waals surface area contributed by atoms with E-state index in [2.05, 4.69) is 23.8 Å². The third-order valence-electron chi connectivity index (χ3n) is 6.35. The fourth-order valence-electron chi connectivity index (χ4n) is 4.69. The zero-order chi connectivity index (χ0) is 14.9. The molecule has 1 saturated carbocycles. The molecule has 0 amide bonds. The summed E-state index contributed by atoms with van der Waals surface area (Å²) in [7, 11) is 2.26. The Kier molecular flexibility index (Phi) is 4.89. The van der Waals surface area contributed by atoms with E-state index >= 15 is 0 Å².